The largest absolute Gasteiger partial charge is 0.399 e. The van der Waals surface area contributed by atoms with Gasteiger partial charge in [0.2, 0.25) is 10.0 Å². The highest BCUT2D eigenvalue weighted by molar-refractivity contribution is 7.89. The summed E-state index contributed by atoms with van der Waals surface area (Å²) in [5.74, 6) is 0. The first-order valence-electron chi connectivity index (χ1n) is 4.50. The average Bonchev–Trinajstić information content (AvgIpc) is 2.38. The standard InChI is InChI=1S/C9H11N3O3S/c1-11-7-4-3-6(10)5-8(7)12(9(11)13)16(2,14)15/h3-5H,10H2,1-2H3. The van der Waals surface area contributed by atoms with Gasteiger partial charge in [-0.05, 0) is 18.2 Å². The van der Waals surface area contributed by atoms with Crippen LogP contribution in [0.3, 0.4) is 0 Å². The topological polar surface area (TPSA) is 87.1 Å². The van der Waals surface area contributed by atoms with Gasteiger partial charge >= 0.3 is 5.69 Å². The number of rotatable bonds is 1. The van der Waals surface area contributed by atoms with Crippen molar-refractivity contribution in [1.29, 1.82) is 0 Å². The number of fused-ring (bicyclic) bond motifs is 1. The third-order valence-electron chi connectivity index (χ3n) is 2.37. The molecule has 1 aromatic carbocycles. The van der Waals surface area contributed by atoms with Gasteiger partial charge in [-0.25, -0.2) is 13.2 Å². The third-order valence-corrected chi connectivity index (χ3v) is 3.39. The fourth-order valence-electron chi connectivity index (χ4n) is 1.65. The van der Waals surface area contributed by atoms with Crippen LogP contribution in [-0.4, -0.2) is 23.2 Å². The Balaban J connectivity index is 3.10. The van der Waals surface area contributed by atoms with Crippen LogP contribution >= 0.6 is 0 Å². The highest BCUT2D eigenvalue weighted by Gasteiger charge is 2.17. The molecule has 7 heteroatoms. The summed E-state index contributed by atoms with van der Waals surface area (Å²) in [6.45, 7) is 0. The van der Waals surface area contributed by atoms with Crippen LogP contribution in [0.25, 0.3) is 11.0 Å². The summed E-state index contributed by atoms with van der Waals surface area (Å²) in [6, 6.07) is 4.71. The summed E-state index contributed by atoms with van der Waals surface area (Å²) < 4.78 is 25.0. The summed E-state index contributed by atoms with van der Waals surface area (Å²) in [7, 11) is -2.11. The Morgan fingerprint density at radius 3 is 2.44 bits per heavy atom. The third kappa shape index (κ3) is 1.40. The van der Waals surface area contributed by atoms with E-state index in [1.807, 2.05) is 0 Å². The summed E-state index contributed by atoms with van der Waals surface area (Å²) in [5.41, 5.74) is 6.23. The summed E-state index contributed by atoms with van der Waals surface area (Å²) in [5, 5.41) is 0. The van der Waals surface area contributed by atoms with Gasteiger partial charge in [-0.3, -0.25) is 4.57 Å². The number of aryl methyl sites for hydroxylation is 1. The van der Waals surface area contributed by atoms with E-state index in [0.717, 1.165) is 10.2 Å². The number of hydrogen-bond donors (Lipinski definition) is 1. The van der Waals surface area contributed by atoms with Crippen LogP contribution in [-0.2, 0) is 17.1 Å². The molecule has 0 spiro atoms. The first kappa shape index (κ1) is 10.7. The molecule has 16 heavy (non-hydrogen) atoms. The Hall–Kier alpha value is -1.76. The van der Waals surface area contributed by atoms with Crippen LogP contribution < -0.4 is 11.4 Å². The summed E-state index contributed by atoms with van der Waals surface area (Å²) >= 11 is 0. The van der Waals surface area contributed by atoms with Gasteiger partial charge < -0.3 is 5.73 Å². The predicted molar refractivity (Wildman–Crippen MR) is 61.8 cm³/mol. The summed E-state index contributed by atoms with van der Waals surface area (Å²) in [4.78, 5) is 11.8. The van der Waals surface area contributed by atoms with E-state index in [1.54, 1.807) is 12.1 Å². The molecular weight excluding hydrogens is 230 g/mol. The van der Waals surface area contributed by atoms with E-state index in [4.69, 9.17) is 5.73 Å². The molecule has 0 fully saturated rings. The van der Waals surface area contributed by atoms with E-state index in [1.165, 1.54) is 17.7 Å². The average molecular weight is 241 g/mol. The molecule has 0 saturated heterocycles. The van der Waals surface area contributed by atoms with Gasteiger partial charge in [0.1, 0.15) is 0 Å². The number of hydrogen-bond acceptors (Lipinski definition) is 4. The molecule has 0 amide bonds. The normalized spacial score (nSPS) is 12.1. The van der Waals surface area contributed by atoms with Crippen molar-refractivity contribution in [3.05, 3.63) is 28.7 Å². The first-order valence-corrected chi connectivity index (χ1v) is 6.34. The zero-order valence-corrected chi connectivity index (χ0v) is 9.65. The maximum Gasteiger partial charge on any atom is 0.342 e. The lowest BCUT2D eigenvalue weighted by Gasteiger charge is -1.99. The lowest BCUT2D eigenvalue weighted by atomic mass is 10.3. The van der Waals surface area contributed by atoms with Crippen LogP contribution in [0.15, 0.2) is 23.0 Å². The Morgan fingerprint density at radius 1 is 1.25 bits per heavy atom. The van der Waals surface area contributed by atoms with Gasteiger partial charge in [0.25, 0.3) is 0 Å². The van der Waals surface area contributed by atoms with Crippen molar-refractivity contribution < 1.29 is 8.42 Å². The molecule has 86 valence electrons. The van der Waals surface area contributed by atoms with Crippen molar-refractivity contribution in [3.63, 3.8) is 0 Å². The molecule has 0 saturated carbocycles. The lowest BCUT2D eigenvalue weighted by molar-refractivity contribution is 0.592. The Labute approximate surface area is 92.0 Å². The fourth-order valence-corrected chi connectivity index (χ4v) is 2.56. The number of imidazole rings is 1. The Bertz CT molecular complexity index is 724. The molecule has 0 aliphatic heterocycles. The van der Waals surface area contributed by atoms with Gasteiger partial charge in [0.05, 0.1) is 17.3 Å². The molecule has 1 aromatic heterocycles. The zero-order chi connectivity index (χ0) is 12.1. The van der Waals surface area contributed by atoms with Gasteiger partial charge in [-0.2, -0.15) is 3.97 Å². The molecule has 0 atom stereocenters. The monoisotopic (exact) mass is 241 g/mol. The summed E-state index contributed by atoms with van der Waals surface area (Å²) in [6.07, 6.45) is 0.983. The number of nitrogen functional groups attached to an aromatic ring is 1. The maximum absolute atomic E-state index is 11.8. The van der Waals surface area contributed by atoms with Crippen molar-refractivity contribution >= 4 is 26.7 Å². The SMILES string of the molecule is Cn1c(=O)n(S(C)(=O)=O)c2cc(N)ccc21. The van der Waals surface area contributed by atoms with Crippen LogP contribution in [0.5, 0.6) is 0 Å². The molecule has 2 aromatic rings. The van der Waals surface area contributed by atoms with E-state index >= 15 is 0 Å². The molecule has 2 N–H and O–H groups in total. The molecule has 1 heterocycles. The van der Waals surface area contributed by atoms with Crippen molar-refractivity contribution in [2.24, 2.45) is 7.05 Å². The van der Waals surface area contributed by atoms with Crippen molar-refractivity contribution in [2.45, 2.75) is 0 Å². The van der Waals surface area contributed by atoms with Gasteiger partial charge in [-0.1, -0.05) is 0 Å². The van der Waals surface area contributed by atoms with E-state index in [9.17, 15) is 13.2 Å². The van der Waals surface area contributed by atoms with Crippen molar-refractivity contribution in [3.8, 4) is 0 Å². The van der Waals surface area contributed by atoms with Crippen molar-refractivity contribution in [1.82, 2.24) is 8.54 Å². The van der Waals surface area contributed by atoms with Gasteiger partial charge in [0, 0.05) is 12.7 Å². The molecule has 0 bridgehead atoms. The van der Waals surface area contributed by atoms with E-state index < -0.39 is 15.7 Å². The fraction of sp³-hybridized carbons (Fsp3) is 0.222. The molecule has 0 unspecified atom stereocenters. The predicted octanol–water partition coefficient (Wildman–Crippen LogP) is -0.270. The Kier molecular flexibility index (Phi) is 2.09. The van der Waals surface area contributed by atoms with Crippen LogP contribution in [0.2, 0.25) is 0 Å². The second kappa shape index (κ2) is 3.11. The molecule has 0 aliphatic carbocycles. The van der Waals surface area contributed by atoms with E-state index in [0.29, 0.717) is 16.7 Å². The first-order chi connectivity index (χ1) is 7.32. The molecule has 0 radical (unpaired) electrons. The van der Waals surface area contributed by atoms with Gasteiger partial charge in [0.15, 0.2) is 0 Å². The molecule has 0 aliphatic rings. The quantitative estimate of drug-likeness (QED) is 0.696. The van der Waals surface area contributed by atoms with Crippen LogP contribution in [0.1, 0.15) is 0 Å². The minimum atomic E-state index is -3.63. The number of nitrogens with two attached hydrogens (primary N) is 1. The van der Waals surface area contributed by atoms with Crippen LogP contribution in [0, 0.1) is 0 Å². The highest BCUT2D eigenvalue weighted by Crippen LogP contribution is 2.16. The lowest BCUT2D eigenvalue weighted by Crippen LogP contribution is -2.27. The van der Waals surface area contributed by atoms with E-state index in [2.05, 4.69) is 0 Å². The molecular formula is C9H11N3O3S. The molecule has 6 nitrogen and oxygen atoms in total. The zero-order valence-electron chi connectivity index (χ0n) is 8.84. The number of aromatic nitrogens is 2. The highest BCUT2D eigenvalue weighted by atomic mass is 32.2. The number of anilines is 1. The molecule has 2 rings (SSSR count). The minimum absolute atomic E-state index is 0.301. The van der Waals surface area contributed by atoms with Crippen LogP contribution in [0.4, 0.5) is 5.69 Å². The van der Waals surface area contributed by atoms with Crippen molar-refractivity contribution in [2.75, 3.05) is 12.0 Å². The van der Waals surface area contributed by atoms with E-state index in [-0.39, 0.29) is 0 Å². The number of nitrogens with zero attached hydrogens (tertiary/aromatic N) is 2. The second-order valence-electron chi connectivity index (χ2n) is 3.62. The smallest absolute Gasteiger partial charge is 0.342 e. The second-order valence-corrected chi connectivity index (χ2v) is 5.45. The minimum Gasteiger partial charge on any atom is -0.399 e. The Morgan fingerprint density at radius 2 is 1.88 bits per heavy atom. The maximum atomic E-state index is 11.8. The van der Waals surface area contributed by atoms with Gasteiger partial charge in [-0.15, -0.1) is 0 Å². The number of benzene rings is 1.